The van der Waals surface area contributed by atoms with Crippen molar-refractivity contribution >= 4 is 38.9 Å². The molecule has 0 N–H and O–H groups in total. The summed E-state index contributed by atoms with van der Waals surface area (Å²) < 4.78 is 23.2. The van der Waals surface area contributed by atoms with Gasteiger partial charge in [-0.3, -0.25) is 9.69 Å². The fraction of sp³-hybridized carbons (Fsp3) is 0.562. The first-order chi connectivity index (χ1) is 11.3. The summed E-state index contributed by atoms with van der Waals surface area (Å²) in [5.74, 6) is 0.602. The number of benzene rings is 1. The molecule has 0 unspecified atom stereocenters. The molecule has 0 bridgehead atoms. The Morgan fingerprint density at radius 1 is 1.12 bits per heavy atom. The first-order valence-electron chi connectivity index (χ1n) is 8.00. The smallest absolute Gasteiger partial charge is 0.227 e. The third kappa shape index (κ3) is 4.23. The third-order valence-corrected chi connectivity index (χ3v) is 7.22. The van der Waals surface area contributed by atoms with E-state index in [2.05, 4.69) is 4.90 Å². The number of piperazine rings is 1. The molecule has 1 aromatic rings. The van der Waals surface area contributed by atoms with Crippen LogP contribution in [0.15, 0.2) is 18.2 Å². The van der Waals surface area contributed by atoms with Gasteiger partial charge in [-0.05, 0) is 24.1 Å². The fourth-order valence-electron chi connectivity index (χ4n) is 3.34. The lowest BCUT2D eigenvalue weighted by molar-refractivity contribution is -0.132. The van der Waals surface area contributed by atoms with Gasteiger partial charge >= 0.3 is 0 Å². The van der Waals surface area contributed by atoms with Crippen molar-refractivity contribution in [2.45, 2.75) is 18.9 Å². The van der Waals surface area contributed by atoms with Gasteiger partial charge in [0.1, 0.15) is 0 Å². The zero-order valence-corrected chi connectivity index (χ0v) is 15.6. The lowest BCUT2D eigenvalue weighted by Crippen LogP contribution is -2.52. The van der Waals surface area contributed by atoms with Crippen LogP contribution in [-0.4, -0.2) is 67.9 Å². The van der Waals surface area contributed by atoms with Gasteiger partial charge in [0, 0.05) is 32.2 Å². The van der Waals surface area contributed by atoms with E-state index in [0.717, 1.165) is 18.7 Å². The lowest BCUT2D eigenvalue weighted by atomic mass is 10.1. The minimum Gasteiger partial charge on any atom is -0.340 e. The van der Waals surface area contributed by atoms with Gasteiger partial charge in [0.05, 0.1) is 28.0 Å². The number of halogens is 2. The molecule has 24 heavy (non-hydrogen) atoms. The maximum Gasteiger partial charge on any atom is 0.227 e. The van der Waals surface area contributed by atoms with Crippen LogP contribution in [0.3, 0.4) is 0 Å². The zero-order valence-electron chi connectivity index (χ0n) is 13.2. The van der Waals surface area contributed by atoms with E-state index >= 15 is 0 Å². The van der Waals surface area contributed by atoms with Crippen LogP contribution >= 0.6 is 23.2 Å². The number of sulfone groups is 1. The molecule has 0 radical (unpaired) electrons. The largest absolute Gasteiger partial charge is 0.340 e. The molecule has 1 aromatic carbocycles. The fourth-order valence-corrected chi connectivity index (χ4v) is 5.42. The molecule has 132 valence electrons. The van der Waals surface area contributed by atoms with Gasteiger partial charge in [0.2, 0.25) is 5.91 Å². The summed E-state index contributed by atoms with van der Waals surface area (Å²) in [7, 11) is -2.87. The number of hydrogen-bond acceptors (Lipinski definition) is 4. The van der Waals surface area contributed by atoms with E-state index in [4.69, 9.17) is 23.2 Å². The van der Waals surface area contributed by atoms with E-state index < -0.39 is 9.84 Å². The number of nitrogens with zero attached hydrogens (tertiary/aromatic N) is 2. The summed E-state index contributed by atoms with van der Waals surface area (Å²) in [6.45, 7) is 2.73. The van der Waals surface area contributed by atoms with Crippen LogP contribution in [0.2, 0.25) is 10.0 Å². The first-order valence-corrected chi connectivity index (χ1v) is 10.6. The standard InChI is InChI=1S/C16H20Cl2N2O3S/c17-14-2-1-12(9-15(14)18)10-16(21)20-6-4-19(5-7-20)13-3-8-24(22,23)11-13/h1-2,9,13H,3-8,10-11H2/t13-/m0/s1. The highest BCUT2D eigenvalue weighted by atomic mass is 35.5. The van der Waals surface area contributed by atoms with Crippen molar-refractivity contribution < 1.29 is 13.2 Å². The summed E-state index contributed by atoms with van der Waals surface area (Å²) in [4.78, 5) is 16.5. The second kappa shape index (κ2) is 7.20. The minimum atomic E-state index is -2.87. The molecule has 8 heteroatoms. The molecule has 3 rings (SSSR count). The van der Waals surface area contributed by atoms with Crippen LogP contribution in [0.25, 0.3) is 0 Å². The normalized spacial score (nSPS) is 24.2. The van der Waals surface area contributed by atoms with Gasteiger partial charge < -0.3 is 4.90 Å². The SMILES string of the molecule is O=C(Cc1ccc(Cl)c(Cl)c1)N1CCN([C@H]2CCS(=O)(=O)C2)CC1. The molecule has 2 aliphatic rings. The number of rotatable bonds is 3. The minimum absolute atomic E-state index is 0.0621. The van der Waals surface area contributed by atoms with E-state index in [1.54, 1.807) is 12.1 Å². The van der Waals surface area contributed by atoms with Crippen LogP contribution in [0, 0.1) is 0 Å². The van der Waals surface area contributed by atoms with Crippen molar-refractivity contribution in [1.29, 1.82) is 0 Å². The summed E-state index contributed by atoms with van der Waals surface area (Å²) in [6.07, 6.45) is 1.01. The predicted octanol–water partition coefficient (Wildman–Crippen LogP) is 1.87. The van der Waals surface area contributed by atoms with E-state index in [1.165, 1.54) is 0 Å². The van der Waals surface area contributed by atoms with E-state index in [-0.39, 0.29) is 23.5 Å². The van der Waals surface area contributed by atoms with Crippen LogP contribution in [-0.2, 0) is 21.1 Å². The average molecular weight is 391 g/mol. The summed E-state index contributed by atoms with van der Waals surface area (Å²) >= 11 is 11.9. The molecular weight excluding hydrogens is 371 g/mol. The van der Waals surface area contributed by atoms with Crippen molar-refractivity contribution in [3.8, 4) is 0 Å². The summed E-state index contributed by atoms with van der Waals surface area (Å²) in [5, 5.41) is 0.933. The van der Waals surface area contributed by atoms with Gasteiger partial charge in [-0.15, -0.1) is 0 Å². The molecular formula is C16H20Cl2N2O3S. The maximum absolute atomic E-state index is 12.4. The number of hydrogen-bond donors (Lipinski definition) is 0. The van der Waals surface area contributed by atoms with Crippen molar-refractivity contribution in [1.82, 2.24) is 9.80 Å². The van der Waals surface area contributed by atoms with Gasteiger partial charge in [-0.2, -0.15) is 0 Å². The third-order valence-electron chi connectivity index (χ3n) is 4.73. The van der Waals surface area contributed by atoms with E-state index in [9.17, 15) is 13.2 Å². The molecule has 1 amide bonds. The highest BCUT2D eigenvalue weighted by Crippen LogP contribution is 2.23. The molecule has 5 nitrogen and oxygen atoms in total. The zero-order chi connectivity index (χ0) is 17.3. The predicted molar refractivity (Wildman–Crippen MR) is 95.4 cm³/mol. The summed E-state index contributed by atoms with van der Waals surface area (Å²) in [5.41, 5.74) is 0.846. The number of carbonyl (C=O) groups is 1. The lowest BCUT2D eigenvalue weighted by Gasteiger charge is -2.37. The van der Waals surface area contributed by atoms with Gasteiger partial charge in [0.25, 0.3) is 0 Å². The average Bonchev–Trinajstić information content (AvgIpc) is 2.91. The molecule has 0 saturated carbocycles. The summed E-state index contributed by atoms with van der Waals surface area (Å²) in [6, 6.07) is 5.35. The van der Waals surface area contributed by atoms with Gasteiger partial charge in [-0.1, -0.05) is 29.3 Å². The number of carbonyl (C=O) groups excluding carboxylic acids is 1. The van der Waals surface area contributed by atoms with E-state index in [0.29, 0.717) is 36.0 Å². The van der Waals surface area contributed by atoms with Crippen molar-refractivity contribution in [3.05, 3.63) is 33.8 Å². The Morgan fingerprint density at radius 3 is 2.42 bits per heavy atom. The van der Waals surface area contributed by atoms with Crippen LogP contribution in [0.4, 0.5) is 0 Å². The van der Waals surface area contributed by atoms with Crippen LogP contribution in [0.1, 0.15) is 12.0 Å². The monoisotopic (exact) mass is 390 g/mol. The Hall–Kier alpha value is -0.820. The van der Waals surface area contributed by atoms with E-state index in [1.807, 2.05) is 11.0 Å². The second-order valence-electron chi connectivity index (χ2n) is 6.40. The first kappa shape index (κ1) is 18.0. The quantitative estimate of drug-likeness (QED) is 0.790. The Bertz CT molecular complexity index is 731. The van der Waals surface area contributed by atoms with Gasteiger partial charge in [-0.25, -0.2) is 8.42 Å². The second-order valence-corrected chi connectivity index (χ2v) is 9.44. The Labute approximate surface area is 152 Å². The van der Waals surface area contributed by atoms with Crippen LogP contribution < -0.4 is 0 Å². The molecule has 2 heterocycles. The van der Waals surface area contributed by atoms with Crippen LogP contribution in [0.5, 0.6) is 0 Å². The highest BCUT2D eigenvalue weighted by Gasteiger charge is 2.34. The Balaban J connectivity index is 1.52. The molecule has 0 aromatic heterocycles. The van der Waals surface area contributed by atoms with Crippen molar-refractivity contribution in [3.63, 3.8) is 0 Å². The molecule has 2 saturated heterocycles. The topological polar surface area (TPSA) is 57.7 Å². The molecule has 0 spiro atoms. The van der Waals surface area contributed by atoms with Gasteiger partial charge in [0.15, 0.2) is 9.84 Å². The highest BCUT2D eigenvalue weighted by molar-refractivity contribution is 7.91. The van der Waals surface area contributed by atoms with Crippen molar-refractivity contribution in [2.75, 3.05) is 37.7 Å². The maximum atomic E-state index is 12.4. The molecule has 2 aliphatic heterocycles. The Morgan fingerprint density at radius 2 is 1.83 bits per heavy atom. The Kier molecular flexibility index (Phi) is 5.39. The molecule has 0 aliphatic carbocycles. The number of amides is 1. The molecule has 2 fully saturated rings. The van der Waals surface area contributed by atoms with Crippen molar-refractivity contribution in [2.24, 2.45) is 0 Å². The molecule has 1 atom stereocenters.